The minimum atomic E-state index is -0.542. The van der Waals surface area contributed by atoms with E-state index in [1.165, 1.54) is 0 Å². The molecule has 0 saturated carbocycles. The van der Waals surface area contributed by atoms with Crippen molar-refractivity contribution < 1.29 is 9.23 Å². The van der Waals surface area contributed by atoms with Crippen molar-refractivity contribution in [3.63, 3.8) is 0 Å². The van der Waals surface area contributed by atoms with Gasteiger partial charge in [-0.3, -0.25) is 0 Å². The smallest absolute Gasteiger partial charge is 0.168 e. The molecule has 0 amide bonds. The van der Waals surface area contributed by atoms with Crippen LogP contribution in [0, 0.1) is 0 Å². The first-order chi connectivity index (χ1) is 9.40. The first-order valence-corrected chi connectivity index (χ1v) is 6.30. The lowest BCUT2D eigenvalue weighted by molar-refractivity contribution is 0.0567. The van der Waals surface area contributed by atoms with Crippen molar-refractivity contribution in [2.75, 3.05) is 6.67 Å². The second-order valence-electron chi connectivity index (χ2n) is 4.53. The van der Waals surface area contributed by atoms with Crippen LogP contribution < -0.4 is 0 Å². The molecule has 96 valence electrons. The normalized spacial score (nSPS) is 21.8. The predicted octanol–water partition coefficient (Wildman–Crippen LogP) is 3.54. The number of oxime groups is 1. The highest BCUT2D eigenvalue weighted by Crippen LogP contribution is 2.32. The third kappa shape index (κ3) is 2.24. The molecule has 0 spiro atoms. The summed E-state index contributed by atoms with van der Waals surface area (Å²) < 4.78 is 13.1. The van der Waals surface area contributed by atoms with E-state index in [9.17, 15) is 4.39 Å². The Labute approximate surface area is 111 Å². The standard InChI is InChI=1S/C16H14FNO/c17-11-14-15(12-7-3-1-4-8-12)16(18-19-14)13-9-5-2-6-10-13/h1-10,14-15H,11H2. The molecule has 0 radical (unpaired) electrons. The van der Waals surface area contributed by atoms with Crippen LogP contribution in [0.15, 0.2) is 65.8 Å². The lowest BCUT2D eigenvalue weighted by atomic mass is 9.86. The summed E-state index contributed by atoms with van der Waals surface area (Å²) in [7, 11) is 0. The van der Waals surface area contributed by atoms with E-state index in [1.807, 2.05) is 60.7 Å². The van der Waals surface area contributed by atoms with Crippen LogP contribution in [0.4, 0.5) is 4.39 Å². The molecule has 0 saturated heterocycles. The Kier molecular flexibility index (Phi) is 3.27. The molecule has 3 heteroatoms. The highest BCUT2D eigenvalue weighted by molar-refractivity contribution is 6.06. The van der Waals surface area contributed by atoms with Crippen LogP contribution in [0.2, 0.25) is 0 Å². The van der Waals surface area contributed by atoms with E-state index >= 15 is 0 Å². The fraction of sp³-hybridized carbons (Fsp3) is 0.188. The summed E-state index contributed by atoms with van der Waals surface area (Å²) in [6.07, 6.45) is -0.530. The number of halogens is 1. The molecule has 2 atom stereocenters. The largest absolute Gasteiger partial charge is 0.388 e. The van der Waals surface area contributed by atoms with E-state index in [2.05, 4.69) is 5.16 Å². The Morgan fingerprint density at radius 3 is 2.21 bits per heavy atom. The first-order valence-electron chi connectivity index (χ1n) is 6.30. The summed E-state index contributed by atoms with van der Waals surface area (Å²) in [5.41, 5.74) is 2.81. The second kappa shape index (κ2) is 5.22. The van der Waals surface area contributed by atoms with Gasteiger partial charge in [0.1, 0.15) is 6.67 Å². The molecule has 2 aromatic rings. The molecule has 0 fully saturated rings. The quantitative estimate of drug-likeness (QED) is 0.822. The van der Waals surface area contributed by atoms with Crippen LogP contribution in [0.3, 0.4) is 0 Å². The molecule has 0 bridgehead atoms. The second-order valence-corrected chi connectivity index (χ2v) is 4.53. The molecule has 19 heavy (non-hydrogen) atoms. The number of hydrogen-bond acceptors (Lipinski definition) is 2. The zero-order valence-electron chi connectivity index (χ0n) is 10.4. The van der Waals surface area contributed by atoms with Crippen molar-refractivity contribution in [1.82, 2.24) is 0 Å². The Bertz CT molecular complexity index is 568. The summed E-state index contributed by atoms with van der Waals surface area (Å²) in [5.74, 6) is -0.145. The topological polar surface area (TPSA) is 21.6 Å². The molecule has 0 N–H and O–H groups in total. The first kappa shape index (κ1) is 11.9. The summed E-state index contributed by atoms with van der Waals surface area (Å²) in [6, 6.07) is 19.6. The summed E-state index contributed by atoms with van der Waals surface area (Å²) >= 11 is 0. The van der Waals surface area contributed by atoms with Gasteiger partial charge in [0.05, 0.1) is 11.6 Å². The molecular weight excluding hydrogens is 241 g/mol. The number of rotatable bonds is 3. The zero-order chi connectivity index (χ0) is 13.1. The van der Waals surface area contributed by atoms with Crippen LogP contribution in [-0.4, -0.2) is 18.5 Å². The van der Waals surface area contributed by atoms with Crippen LogP contribution in [-0.2, 0) is 4.84 Å². The maximum Gasteiger partial charge on any atom is 0.168 e. The van der Waals surface area contributed by atoms with E-state index in [0.717, 1.165) is 16.8 Å². The number of alkyl halides is 1. The van der Waals surface area contributed by atoms with Crippen LogP contribution in [0.1, 0.15) is 17.0 Å². The van der Waals surface area contributed by atoms with Crippen molar-refractivity contribution in [3.8, 4) is 0 Å². The van der Waals surface area contributed by atoms with Crippen molar-refractivity contribution in [3.05, 3.63) is 71.8 Å². The Morgan fingerprint density at radius 2 is 1.58 bits per heavy atom. The van der Waals surface area contributed by atoms with E-state index in [0.29, 0.717) is 0 Å². The Hall–Kier alpha value is -2.16. The zero-order valence-corrected chi connectivity index (χ0v) is 10.4. The molecule has 3 rings (SSSR count). The van der Waals surface area contributed by atoms with E-state index in [1.54, 1.807) is 0 Å². The Morgan fingerprint density at radius 1 is 0.947 bits per heavy atom. The summed E-state index contributed by atoms with van der Waals surface area (Å²) in [6.45, 7) is -0.542. The third-order valence-corrected chi connectivity index (χ3v) is 3.33. The maximum absolute atomic E-state index is 13.1. The van der Waals surface area contributed by atoms with Gasteiger partial charge in [0, 0.05) is 5.56 Å². The van der Waals surface area contributed by atoms with Gasteiger partial charge in [0.15, 0.2) is 6.10 Å². The van der Waals surface area contributed by atoms with Gasteiger partial charge in [-0.1, -0.05) is 65.8 Å². The molecule has 1 aliphatic heterocycles. The average molecular weight is 255 g/mol. The SMILES string of the molecule is FCC1ON=C(c2ccccc2)C1c1ccccc1. The number of hydrogen-bond donors (Lipinski definition) is 0. The molecule has 1 aliphatic rings. The Balaban J connectivity index is 2.00. The highest BCUT2D eigenvalue weighted by Gasteiger charge is 2.36. The van der Waals surface area contributed by atoms with E-state index in [4.69, 9.17) is 4.84 Å². The van der Waals surface area contributed by atoms with E-state index < -0.39 is 12.8 Å². The molecule has 0 aliphatic carbocycles. The van der Waals surface area contributed by atoms with Crippen molar-refractivity contribution in [2.45, 2.75) is 12.0 Å². The lowest BCUT2D eigenvalue weighted by Crippen LogP contribution is -2.23. The van der Waals surface area contributed by atoms with Crippen LogP contribution in [0.5, 0.6) is 0 Å². The third-order valence-electron chi connectivity index (χ3n) is 3.33. The highest BCUT2D eigenvalue weighted by atomic mass is 19.1. The molecule has 2 nitrogen and oxygen atoms in total. The maximum atomic E-state index is 13.1. The molecular formula is C16H14FNO. The average Bonchev–Trinajstić information content (AvgIpc) is 2.93. The molecule has 2 unspecified atom stereocenters. The van der Waals surface area contributed by atoms with Crippen molar-refractivity contribution in [2.24, 2.45) is 5.16 Å². The number of nitrogens with zero attached hydrogens (tertiary/aromatic N) is 1. The van der Waals surface area contributed by atoms with Gasteiger partial charge >= 0.3 is 0 Å². The fourth-order valence-corrected chi connectivity index (χ4v) is 2.41. The van der Waals surface area contributed by atoms with Gasteiger partial charge in [0.25, 0.3) is 0 Å². The van der Waals surface area contributed by atoms with Crippen molar-refractivity contribution >= 4 is 5.71 Å². The molecule has 2 aromatic carbocycles. The van der Waals surface area contributed by atoms with Gasteiger partial charge in [-0.2, -0.15) is 0 Å². The van der Waals surface area contributed by atoms with E-state index in [-0.39, 0.29) is 5.92 Å². The van der Waals surface area contributed by atoms with Crippen LogP contribution >= 0.6 is 0 Å². The predicted molar refractivity (Wildman–Crippen MR) is 73.0 cm³/mol. The van der Waals surface area contributed by atoms with Crippen molar-refractivity contribution in [1.29, 1.82) is 0 Å². The van der Waals surface area contributed by atoms with Crippen LogP contribution in [0.25, 0.3) is 0 Å². The van der Waals surface area contributed by atoms with Gasteiger partial charge < -0.3 is 4.84 Å². The monoisotopic (exact) mass is 255 g/mol. The van der Waals surface area contributed by atoms with Gasteiger partial charge in [-0.25, -0.2) is 4.39 Å². The minimum absolute atomic E-state index is 0.145. The van der Waals surface area contributed by atoms with Gasteiger partial charge in [-0.05, 0) is 5.56 Å². The summed E-state index contributed by atoms with van der Waals surface area (Å²) in [4.78, 5) is 5.25. The molecule has 1 heterocycles. The van der Waals surface area contributed by atoms with Gasteiger partial charge in [0.2, 0.25) is 0 Å². The van der Waals surface area contributed by atoms with Gasteiger partial charge in [-0.15, -0.1) is 0 Å². The lowest BCUT2D eigenvalue weighted by Gasteiger charge is -2.16. The fourth-order valence-electron chi connectivity index (χ4n) is 2.41. The summed E-state index contributed by atoms with van der Waals surface area (Å²) in [5, 5.41) is 4.09. The number of benzene rings is 2. The molecule has 0 aromatic heterocycles. The minimum Gasteiger partial charge on any atom is -0.388 e.